The molecule has 3 N–H and O–H groups in total. The Balaban J connectivity index is 2.15. The van der Waals surface area contributed by atoms with Gasteiger partial charge in [-0.05, 0) is 57.7 Å². The van der Waals surface area contributed by atoms with Crippen molar-refractivity contribution in [3.63, 3.8) is 0 Å². The number of halogens is 1. The Labute approximate surface area is 165 Å². The first-order chi connectivity index (χ1) is 13.3. The third kappa shape index (κ3) is 5.49. The van der Waals surface area contributed by atoms with Crippen LogP contribution in [0.3, 0.4) is 0 Å². The number of para-hydroxylation sites is 1. The molecule has 1 aliphatic carbocycles. The second-order valence-corrected chi connectivity index (χ2v) is 6.94. The normalized spacial score (nSPS) is 19.8. The van der Waals surface area contributed by atoms with Crippen LogP contribution in [0, 0.1) is 5.82 Å². The molecule has 6 heteroatoms. The highest BCUT2D eigenvalue weighted by atomic mass is 19.1. The largest absolute Gasteiger partial charge is 0.404 e. The molecule has 0 radical (unpaired) electrons. The van der Waals surface area contributed by atoms with E-state index in [1.807, 2.05) is 20.8 Å². The molecule has 1 aliphatic rings. The summed E-state index contributed by atoms with van der Waals surface area (Å²) in [5, 5.41) is 2.91. The van der Waals surface area contributed by atoms with Gasteiger partial charge < -0.3 is 11.1 Å². The highest BCUT2D eigenvalue weighted by Gasteiger charge is 2.26. The highest BCUT2D eigenvalue weighted by molar-refractivity contribution is 6.04. The van der Waals surface area contributed by atoms with Gasteiger partial charge in [0.05, 0.1) is 11.7 Å². The number of hydrogen-bond acceptors (Lipinski definition) is 4. The summed E-state index contributed by atoms with van der Waals surface area (Å²) in [5.74, 6) is -0.760. The number of hydrogen-bond donors (Lipinski definition) is 2. The number of nitrogens with one attached hydrogen (secondary N) is 1. The maximum Gasteiger partial charge on any atom is 0.269 e. The first-order valence-corrected chi connectivity index (χ1v) is 9.25. The Hall–Kier alpha value is -3.02. The summed E-state index contributed by atoms with van der Waals surface area (Å²) in [6.07, 6.45) is 5.26. The van der Waals surface area contributed by atoms with Crippen molar-refractivity contribution in [2.24, 2.45) is 15.7 Å². The van der Waals surface area contributed by atoms with Crippen LogP contribution in [0.15, 0.2) is 69.4 Å². The smallest absolute Gasteiger partial charge is 0.269 e. The van der Waals surface area contributed by atoms with Crippen LogP contribution in [0.4, 0.5) is 10.1 Å². The lowest BCUT2D eigenvalue weighted by Crippen LogP contribution is -2.41. The van der Waals surface area contributed by atoms with Gasteiger partial charge in [-0.25, -0.2) is 9.38 Å². The molecule has 0 bridgehead atoms. The molecule has 1 amide bonds. The minimum Gasteiger partial charge on any atom is -0.404 e. The Morgan fingerprint density at radius 3 is 2.68 bits per heavy atom. The number of nitrogens with zero attached hydrogens (tertiary/aromatic N) is 2. The minimum absolute atomic E-state index is 0.120. The van der Waals surface area contributed by atoms with Crippen LogP contribution in [-0.2, 0) is 4.79 Å². The van der Waals surface area contributed by atoms with Gasteiger partial charge in [0.2, 0.25) is 0 Å². The number of carbonyl (C=O) groups excluding carboxylic acids is 1. The van der Waals surface area contributed by atoms with E-state index in [2.05, 4.69) is 21.9 Å². The molecule has 2 rings (SSSR count). The topological polar surface area (TPSA) is 79.8 Å². The Morgan fingerprint density at radius 2 is 2.04 bits per heavy atom. The van der Waals surface area contributed by atoms with Gasteiger partial charge in [0, 0.05) is 23.7 Å². The molecular weight excluding hydrogens is 355 g/mol. The van der Waals surface area contributed by atoms with Crippen LogP contribution >= 0.6 is 0 Å². The molecule has 1 saturated carbocycles. The van der Waals surface area contributed by atoms with E-state index in [0.29, 0.717) is 17.7 Å². The minimum atomic E-state index is -0.394. The molecule has 1 aromatic carbocycles. The lowest BCUT2D eigenvalue weighted by molar-refractivity contribution is -0.118. The zero-order valence-corrected chi connectivity index (χ0v) is 16.6. The van der Waals surface area contributed by atoms with Crippen LogP contribution < -0.4 is 11.1 Å². The van der Waals surface area contributed by atoms with Crippen molar-refractivity contribution in [2.75, 3.05) is 0 Å². The number of benzene rings is 1. The van der Waals surface area contributed by atoms with Gasteiger partial charge in [-0.3, -0.25) is 9.79 Å². The maximum absolute atomic E-state index is 13.9. The molecule has 1 aromatic rings. The van der Waals surface area contributed by atoms with Crippen LogP contribution in [0.25, 0.3) is 0 Å². The van der Waals surface area contributed by atoms with Crippen LogP contribution in [0.1, 0.15) is 40.0 Å². The van der Waals surface area contributed by atoms with E-state index < -0.39 is 5.82 Å². The highest BCUT2D eigenvalue weighted by Crippen LogP contribution is 2.26. The molecule has 0 saturated heterocycles. The van der Waals surface area contributed by atoms with Crippen LogP contribution in [0.5, 0.6) is 0 Å². The summed E-state index contributed by atoms with van der Waals surface area (Å²) < 4.78 is 13.9. The third-order valence-corrected chi connectivity index (χ3v) is 4.67. The second-order valence-electron chi connectivity index (χ2n) is 6.94. The molecule has 1 unspecified atom stereocenters. The summed E-state index contributed by atoms with van der Waals surface area (Å²) in [7, 11) is 0. The second kappa shape index (κ2) is 9.78. The standard InChI is InChI=1S/C22H27FN4O/c1-14(2)15(3)13-25-16(4)22(28)27-20-11-7-10-19(17(20)12-24)26-21-9-6-5-8-18(21)23/h5-6,8-9,12-13,20H,4,7,10-11,24H2,1-3H3,(H,27,28). The van der Waals surface area contributed by atoms with Gasteiger partial charge in [0.15, 0.2) is 0 Å². The zero-order valence-electron chi connectivity index (χ0n) is 16.6. The molecule has 0 aliphatic heterocycles. The Bertz CT molecular complexity index is 876. The fraction of sp³-hybridized carbons (Fsp3) is 0.318. The van der Waals surface area contributed by atoms with E-state index in [1.54, 1.807) is 24.4 Å². The quantitative estimate of drug-likeness (QED) is 0.586. The lowest BCUT2D eigenvalue weighted by atomic mass is 9.88. The third-order valence-electron chi connectivity index (χ3n) is 4.67. The van der Waals surface area contributed by atoms with E-state index in [-0.39, 0.29) is 23.3 Å². The van der Waals surface area contributed by atoms with E-state index in [4.69, 9.17) is 5.73 Å². The van der Waals surface area contributed by atoms with Gasteiger partial charge in [0.1, 0.15) is 11.5 Å². The first kappa shape index (κ1) is 21.3. The molecule has 0 heterocycles. The van der Waals surface area contributed by atoms with Crippen molar-refractivity contribution < 1.29 is 9.18 Å². The summed E-state index contributed by atoms with van der Waals surface area (Å²) in [6.45, 7) is 9.61. The predicted molar refractivity (Wildman–Crippen MR) is 113 cm³/mol. The van der Waals surface area contributed by atoms with E-state index in [0.717, 1.165) is 24.0 Å². The molecule has 1 atom stereocenters. The number of rotatable bonds is 5. The SMILES string of the molecule is C=C(N=CC(C)=C(C)C)C(=O)NC1CCCC(=Nc2ccccc2F)C1=CN. The monoisotopic (exact) mass is 382 g/mol. The van der Waals surface area contributed by atoms with Crippen molar-refractivity contribution in [1.29, 1.82) is 0 Å². The molecule has 148 valence electrons. The summed E-state index contributed by atoms with van der Waals surface area (Å²) >= 11 is 0. The molecular formula is C22H27FN4O. The Morgan fingerprint density at radius 1 is 1.32 bits per heavy atom. The zero-order chi connectivity index (χ0) is 20.7. The van der Waals surface area contributed by atoms with Gasteiger partial charge in [0.25, 0.3) is 5.91 Å². The molecule has 28 heavy (non-hydrogen) atoms. The van der Waals surface area contributed by atoms with Crippen molar-refractivity contribution in [3.05, 3.63) is 65.3 Å². The fourth-order valence-corrected chi connectivity index (χ4v) is 2.75. The number of amides is 1. The number of aliphatic imine (C=N–C) groups is 2. The average molecular weight is 382 g/mol. The molecule has 5 nitrogen and oxygen atoms in total. The van der Waals surface area contributed by atoms with Gasteiger partial charge >= 0.3 is 0 Å². The predicted octanol–water partition coefficient (Wildman–Crippen LogP) is 4.35. The summed E-state index contributed by atoms with van der Waals surface area (Å²) in [5.41, 5.74) is 9.66. The van der Waals surface area contributed by atoms with Gasteiger partial charge in [-0.1, -0.05) is 24.3 Å². The molecule has 0 aromatic heterocycles. The number of nitrogens with two attached hydrogens (primary N) is 1. The van der Waals surface area contributed by atoms with Gasteiger partial charge in [-0.2, -0.15) is 0 Å². The lowest BCUT2D eigenvalue weighted by Gasteiger charge is -2.27. The van der Waals surface area contributed by atoms with Gasteiger partial charge in [-0.15, -0.1) is 0 Å². The average Bonchev–Trinajstić information content (AvgIpc) is 2.67. The summed E-state index contributed by atoms with van der Waals surface area (Å²) in [4.78, 5) is 21.0. The maximum atomic E-state index is 13.9. The fourth-order valence-electron chi connectivity index (χ4n) is 2.75. The van der Waals surface area contributed by atoms with E-state index in [1.165, 1.54) is 12.3 Å². The van der Waals surface area contributed by atoms with Crippen molar-refractivity contribution in [2.45, 2.75) is 46.1 Å². The molecule has 0 spiro atoms. The number of carbonyl (C=O) groups is 1. The van der Waals surface area contributed by atoms with E-state index >= 15 is 0 Å². The van der Waals surface area contributed by atoms with Crippen molar-refractivity contribution >= 4 is 23.5 Å². The first-order valence-electron chi connectivity index (χ1n) is 9.25. The van der Waals surface area contributed by atoms with Crippen molar-refractivity contribution in [1.82, 2.24) is 5.32 Å². The van der Waals surface area contributed by atoms with Crippen molar-refractivity contribution in [3.8, 4) is 0 Å². The summed E-state index contributed by atoms with van der Waals surface area (Å²) in [6, 6.07) is 6.01. The van der Waals surface area contributed by atoms with Crippen LogP contribution in [-0.4, -0.2) is 23.9 Å². The Kier molecular flexibility index (Phi) is 7.44. The number of allylic oxidation sites excluding steroid dienone is 2. The molecule has 1 fully saturated rings. The van der Waals surface area contributed by atoms with Crippen LogP contribution in [0.2, 0.25) is 0 Å². The van der Waals surface area contributed by atoms with E-state index in [9.17, 15) is 9.18 Å².